The van der Waals surface area contributed by atoms with Gasteiger partial charge in [0, 0.05) is 23.8 Å². The lowest BCUT2D eigenvalue weighted by molar-refractivity contribution is 0.125. The van der Waals surface area contributed by atoms with Gasteiger partial charge in [0.1, 0.15) is 12.4 Å². The maximum atomic E-state index is 12.6. The Morgan fingerprint density at radius 3 is 2.36 bits per heavy atom. The number of aliphatic hydroxyl groups excluding tert-OH is 1. The zero-order valence-electron chi connectivity index (χ0n) is 15.0. The average molecular weight is 342 g/mol. The molecule has 0 radical (unpaired) electrons. The predicted molar refractivity (Wildman–Crippen MR) is 99.8 cm³/mol. The van der Waals surface area contributed by atoms with Gasteiger partial charge in [-0.2, -0.15) is 0 Å². The smallest absolute Gasteiger partial charge is 0.322 e. The van der Waals surface area contributed by atoms with E-state index in [1.165, 1.54) is 0 Å². The Morgan fingerprint density at radius 1 is 1.08 bits per heavy atom. The fourth-order valence-corrected chi connectivity index (χ4v) is 2.45. The Bertz CT molecular complexity index is 672. The number of carbonyl (C=O) groups is 1. The van der Waals surface area contributed by atoms with Crippen LogP contribution in [0.15, 0.2) is 54.6 Å². The molecule has 2 rings (SSSR count). The molecule has 0 saturated carbocycles. The first-order valence-electron chi connectivity index (χ1n) is 8.49. The first kappa shape index (κ1) is 18.8. The fraction of sp³-hybridized carbons (Fsp3) is 0.350. The molecule has 0 spiro atoms. The molecule has 0 bridgehead atoms. The predicted octanol–water partition coefficient (Wildman–Crippen LogP) is 3.89. The molecule has 0 saturated heterocycles. The van der Waals surface area contributed by atoms with Gasteiger partial charge in [-0.15, -0.1) is 0 Å². The van der Waals surface area contributed by atoms with Crippen LogP contribution in [0.25, 0.3) is 0 Å². The molecular formula is C20H26N2O3. The Hall–Kier alpha value is -2.53. The first-order chi connectivity index (χ1) is 12.0. The Balaban J connectivity index is 2.07. The first-order valence-corrected chi connectivity index (χ1v) is 8.49. The molecule has 0 heterocycles. The zero-order valence-corrected chi connectivity index (χ0v) is 15.0. The number of rotatable bonds is 7. The quantitative estimate of drug-likeness (QED) is 0.802. The molecule has 0 aliphatic heterocycles. The summed E-state index contributed by atoms with van der Waals surface area (Å²) in [4.78, 5) is 14.2. The van der Waals surface area contributed by atoms with Crippen LogP contribution in [0.1, 0.15) is 26.3 Å². The third-order valence-corrected chi connectivity index (χ3v) is 3.74. The Labute approximate surface area is 149 Å². The monoisotopic (exact) mass is 342 g/mol. The van der Waals surface area contributed by atoms with Crippen molar-refractivity contribution in [3.8, 4) is 5.75 Å². The standard InChI is InChI=1S/C20H26N2O3/c1-15(2)22(13-16(3)23)20(24)21-19-12-8-7-9-17(19)14-25-18-10-5-4-6-11-18/h4-12,15-16,23H,13-14H2,1-3H3,(H,21,24). The number of benzene rings is 2. The fourth-order valence-electron chi connectivity index (χ4n) is 2.45. The molecule has 5 nitrogen and oxygen atoms in total. The normalized spacial score (nSPS) is 11.9. The summed E-state index contributed by atoms with van der Waals surface area (Å²) in [6.07, 6.45) is -0.579. The van der Waals surface area contributed by atoms with Gasteiger partial charge in [0.2, 0.25) is 0 Å². The van der Waals surface area contributed by atoms with Crippen molar-refractivity contribution in [2.24, 2.45) is 0 Å². The van der Waals surface area contributed by atoms with Gasteiger partial charge >= 0.3 is 6.03 Å². The van der Waals surface area contributed by atoms with Gasteiger partial charge in [-0.3, -0.25) is 0 Å². The molecule has 2 aromatic carbocycles. The number of carbonyl (C=O) groups excluding carboxylic acids is 1. The van der Waals surface area contributed by atoms with E-state index in [1.807, 2.05) is 68.4 Å². The van der Waals surface area contributed by atoms with Crippen LogP contribution in [-0.2, 0) is 6.61 Å². The van der Waals surface area contributed by atoms with Gasteiger partial charge in [0.15, 0.2) is 0 Å². The second-order valence-electron chi connectivity index (χ2n) is 6.28. The number of anilines is 1. The number of aliphatic hydroxyl groups is 1. The van der Waals surface area contributed by atoms with Gasteiger partial charge in [0.05, 0.1) is 6.10 Å². The molecule has 2 amide bonds. The van der Waals surface area contributed by atoms with E-state index in [-0.39, 0.29) is 18.6 Å². The highest BCUT2D eigenvalue weighted by atomic mass is 16.5. The third kappa shape index (κ3) is 5.80. The van der Waals surface area contributed by atoms with E-state index in [2.05, 4.69) is 5.32 Å². The molecule has 0 fully saturated rings. The molecule has 5 heteroatoms. The van der Waals surface area contributed by atoms with E-state index in [1.54, 1.807) is 11.8 Å². The molecule has 0 aromatic heterocycles. The Kier molecular flexibility index (Phi) is 6.83. The highest BCUT2D eigenvalue weighted by Gasteiger charge is 2.19. The lowest BCUT2D eigenvalue weighted by Gasteiger charge is -2.28. The maximum Gasteiger partial charge on any atom is 0.322 e. The lowest BCUT2D eigenvalue weighted by atomic mass is 10.2. The SMILES string of the molecule is CC(O)CN(C(=O)Nc1ccccc1COc1ccccc1)C(C)C. The summed E-state index contributed by atoms with van der Waals surface area (Å²) in [5.41, 5.74) is 1.60. The highest BCUT2D eigenvalue weighted by Crippen LogP contribution is 2.19. The van der Waals surface area contributed by atoms with Crippen LogP contribution in [-0.4, -0.2) is 34.7 Å². The summed E-state index contributed by atoms with van der Waals surface area (Å²) in [5, 5.41) is 12.5. The van der Waals surface area contributed by atoms with E-state index in [0.717, 1.165) is 11.3 Å². The van der Waals surface area contributed by atoms with Gasteiger partial charge in [-0.25, -0.2) is 4.79 Å². The summed E-state index contributed by atoms with van der Waals surface area (Å²) in [7, 11) is 0. The zero-order chi connectivity index (χ0) is 18.2. The number of ether oxygens (including phenoxy) is 1. The lowest BCUT2D eigenvalue weighted by Crippen LogP contribution is -2.43. The minimum absolute atomic E-state index is 0.0117. The summed E-state index contributed by atoms with van der Waals surface area (Å²) in [6, 6.07) is 16.9. The van der Waals surface area contributed by atoms with Gasteiger partial charge in [0.25, 0.3) is 0 Å². The van der Waals surface area contributed by atoms with Crippen LogP contribution in [0.3, 0.4) is 0 Å². The van der Waals surface area contributed by atoms with Crippen molar-refractivity contribution >= 4 is 11.7 Å². The van der Waals surface area contributed by atoms with Crippen molar-refractivity contribution in [1.82, 2.24) is 4.90 Å². The van der Waals surface area contributed by atoms with Crippen molar-refractivity contribution < 1.29 is 14.6 Å². The van der Waals surface area contributed by atoms with E-state index in [4.69, 9.17) is 4.74 Å². The summed E-state index contributed by atoms with van der Waals surface area (Å²) < 4.78 is 5.78. The van der Waals surface area contributed by atoms with Gasteiger partial charge in [-0.1, -0.05) is 36.4 Å². The number of para-hydroxylation sites is 2. The molecule has 1 unspecified atom stereocenters. The molecule has 1 atom stereocenters. The molecule has 2 aromatic rings. The largest absolute Gasteiger partial charge is 0.489 e. The topological polar surface area (TPSA) is 61.8 Å². The van der Waals surface area contributed by atoms with Crippen LogP contribution in [0.5, 0.6) is 5.75 Å². The van der Waals surface area contributed by atoms with Crippen LogP contribution >= 0.6 is 0 Å². The van der Waals surface area contributed by atoms with E-state index >= 15 is 0 Å². The van der Waals surface area contributed by atoms with Crippen molar-refractivity contribution in [2.45, 2.75) is 39.5 Å². The number of urea groups is 1. The molecule has 0 aliphatic carbocycles. The van der Waals surface area contributed by atoms with Crippen LogP contribution in [0.2, 0.25) is 0 Å². The highest BCUT2D eigenvalue weighted by molar-refractivity contribution is 5.90. The van der Waals surface area contributed by atoms with Crippen molar-refractivity contribution in [1.29, 1.82) is 0 Å². The van der Waals surface area contributed by atoms with Crippen LogP contribution in [0.4, 0.5) is 10.5 Å². The van der Waals surface area contributed by atoms with Gasteiger partial charge < -0.3 is 20.1 Å². The second kappa shape index (κ2) is 9.08. The maximum absolute atomic E-state index is 12.6. The molecule has 0 aliphatic rings. The summed E-state index contributed by atoms with van der Waals surface area (Å²) in [6.45, 7) is 6.16. The number of amides is 2. The number of nitrogens with one attached hydrogen (secondary N) is 1. The number of hydrogen-bond donors (Lipinski definition) is 2. The summed E-state index contributed by atoms with van der Waals surface area (Å²) in [5.74, 6) is 0.779. The molecule has 134 valence electrons. The Morgan fingerprint density at radius 2 is 1.72 bits per heavy atom. The molecule has 25 heavy (non-hydrogen) atoms. The number of hydrogen-bond acceptors (Lipinski definition) is 3. The van der Waals surface area contributed by atoms with Crippen molar-refractivity contribution in [3.63, 3.8) is 0 Å². The molecule has 2 N–H and O–H groups in total. The third-order valence-electron chi connectivity index (χ3n) is 3.74. The van der Waals surface area contributed by atoms with E-state index in [9.17, 15) is 9.90 Å². The molecular weight excluding hydrogens is 316 g/mol. The summed E-state index contributed by atoms with van der Waals surface area (Å²) >= 11 is 0. The van der Waals surface area contributed by atoms with Crippen molar-refractivity contribution in [3.05, 3.63) is 60.2 Å². The van der Waals surface area contributed by atoms with E-state index in [0.29, 0.717) is 12.3 Å². The van der Waals surface area contributed by atoms with Gasteiger partial charge in [-0.05, 0) is 39.0 Å². The number of nitrogens with zero attached hydrogens (tertiary/aromatic N) is 1. The minimum atomic E-state index is -0.579. The van der Waals surface area contributed by atoms with Crippen LogP contribution < -0.4 is 10.1 Å². The second-order valence-corrected chi connectivity index (χ2v) is 6.28. The van der Waals surface area contributed by atoms with E-state index < -0.39 is 6.10 Å². The van der Waals surface area contributed by atoms with Crippen LogP contribution in [0, 0.1) is 0 Å². The van der Waals surface area contributed by atoms with Crippen molar-refractivity contribution in [2.75, 3.05) is 11.9 Å². The average Bonchev–Trinajstić information content (AvgIpc) is 2.59. The minimum Gasteiger partial charge on any atom is -0.489 e.